The summed E-state index contributed by atoms with van der Waals surface area (Å²) in [6, 6.07) is 6.90. The molecule has 1 aliphatic rings. The highest BCUT2D eigenvalue weighted by atomic mass is 19.1. The number of hydrogen-bond acceptors (Lipinski definition) is 4. The number of benzene rings is 1. The van der Waals surface area contributed by atoms with E-state index in [0.29, 0.717) is 24.2 Å². The molecule has 4 nitrogen and oxygen atoms in total. The first-order chi connectivity index (χ1) is 10.1. The van der Waals surface area contributed by atoms with Crippen molar-refractivity contribution in [1.29, 1.82) is 0 Å². The Labute approximate surface area is 124 Å². The van der Waals surface area contributed by atoms with Gasteiger partial charge in [-0.3, -0.25) is 4.90 Å². The Kier molecular flexibility index (Phi) is 4.01. The van der Waals surface area contributed by atoms with Crippen molar-refractivity contribution < 1.29 is 8.81 Å². The summed E-state index contributed by atoms with van der Waals surface area (Å²) in [5.74, 6) is 1.83. The van der Waals surface area contributed by atoms with Crippen molar-refractivity contribution in [2.24, 2.45) is 0 Å². The van der Waals surface area contributed by atoms with Crippen LogP contribution in [0.1, 0.15) is 49.4 Å². The number of aromatic nitrogens is 2. The summed E-state index contributed by atoms with van der Waals surface area (Å²) in [5, 5.41) is 8.15. The van der Waals surface area contributed by atoms with Crippen LogP contribution in [0.25, 0.3) is 0 Å². The maximum atomic E-state index is 13.3. The van der Waals surface area contributed by atoms with Crippen molar-refractivity contribution in [3.8, 4) is 0 Å². The molecule has 2 heterocycles. The maximum absolute atomic E-state index is 13.3. The summed E-state index contributed by atoms with van der Waals surface area (Å²) in [6.45, 7) is 6.62. The highest BCUT2D eigenvalue weighted by Gasteiger charge is 2.25. The molecule has 0 amide bonds. The fraction of sp³-hybridized carbons (Fsp3) is 0.500. The summed E-state index contributed by atoms with van der Waals surface area (Å²) in [7, 11) is 0. The summed E-state index contributed by atoms with van der Waals surface area (Å²) in [4.78, 5) is 2.28. The third-order valence-electron chi connectivity index (χ3n) is 3.93. The van der Waals surface area contributed by atoms with Gasteiger partial charge in [-0.05, 0) is 36.6 Å². The molecule has 0 unspecified atom stereocenters. The van der Waals surface area contributed by atoms with Crippen LogP contribution in [-0.2, 0) is 6.54 Å². The van der Waals surface area contributed by atoms with E-state index in [9.17, 15) is 4.39 Å². The van der Waals surface area contributed by atoms with Crippen molar-refractivity contribution in [3.63, 3.8) is 0 Å². The Hall–Kier alpha value is -1.75. The van der Waals surface area contributed by atoms with Crippen LogP contribution in [0.2, 0.25) is 0 Å². The van der Waals surface area contributed by atoms with Gasteiger partial charge in [0.1, 0.15) is 5.82 Å². The molecule has 1 aromatic carbocycles. The zero-order chi connectivity index (χ0) is 14.8. The van der Waals surface area contributed by atoms with Gasteiger partial charge < -0.3 is 4.42 Å². The first-order valence-corrected chi connectivity index (χ1v) is 7.42. The van der Waals surface area contributed by atoms with Crippen molar-refractivity contribution in [2.45, 2.75) is 38.6 Å². The van der Waals surface area contributed by atoms with Gasteiger partial charge in [-0.2, -0.15) is 0 Å². The number of rotatable bonds is 4. The molecule has 1 atom stereocenters. The highest BCUT2D eigenvalue weighted by Crippen LogP contribution is 2.28. The summed E-state index contributed by atoms with van der Waals surface area (Å²) in [6.07, 6.45) is 1.04. The van der Waals surface area contributed by atoms with Crippen molar-refractivity contribution >= 4 is 0 Å². The van der Waals surface area contributed by atoms with Crippen LogP contribution in [0.5, 0.6) is 0 Å². The molecule has 5 heteroatoms. The summed E-state index contributed by atoms with van der Waals surface area (Å²) < 4.78 is 18.9. The molecule has 112 valence electrons. The van der Waals surface area contributed by atoms with E-state index in [-0.39, 0.29) is 11.7 Å². The van der Waals surface area contributed by atoms with Crippen LogP contribution in [-0.4, -0.2) is 28.2 Å². The van der Waals surface area contributed by atoms with Gasteiger partial charge >= 0.3 is 0 Å². The molecule has 2 aromatic rings. The van der Waals surface area contributed by atoms with E-state index in [1.54, 1.807) is 12.1 Å². The molecular formula is C16H20FN3O. The molecule has 0 spiro atoms. The van der Waals surface area contributed by atoms with Crippen LogP contribution >= 0.6 is 0 Å². The lowest BCUT2D eigenvalue weighted by Crippen LogP contribution is -2.20. The van der Waals surface area contributed by atoms with E-state index in [1.165, 1.54) is 6.07 Å². The largest absolute Gasteiger partial charge is 0.424 e. The van der Waals surface area contributed by atoms with E-state index in [0.717, 1.165) is 25.1 Å². The van der Waals surface area contributed by atoms with Gasteiger partial charge in [-0.1, -0.05) is 26.0 Å². The quantitative estimate of drug-likeness (QED) is 0.866. The Morgan fingerprint density at radius 2 is 2.24 bits per heavy atom. The second-order valence-corrected chi connectivity index (χ2v) is 5.96. The number of likely N-dealkylation sites (tertiary alicyclic amines) is 1. The standard InChI is InChI=1S/C16H20FN3O/c1-11(2)16-19-18-15(21-16)10-20-7-6-13(9-20)12-4-3-5-14(17)8-12/h3-5,8,11,13H,6-7,9-10H2,1-2H3/t13-/m0/s1. The normalized spacial score (nSPS) is 19.5. The molecule has 1 fully saturated rings. The first kappa shape index (κ1) is 14.2. The van der Waals surface area contributed by atoms with E-state index in [2.05, 4.69) is 15.1 Å². The van der Waals surface area contributed by atoms with Gasteiger partial charge in [0.15, 0.2) is 0 Å². The smallest absolute Gasteiger partial charge is 0.230 e. The predicted molar refractivity (Wildman–Crippen MR) is 77.4 cm³/mol. The van der Waals surface area contributed by atoms with Crippen LogP contribution in [0.15, 0.2) is 28.7 Å². The zero-order valence-corrected chi connectivity index (χ0v) is 12.4. The lowest BCUT2D eigenvalue weighted by atomic mass is 9.98. The van der Waals surface area contributed by atoms with E-state index in [1.807, 2.05) is 19.9 Å². The number of hydrogen-bond donors (Lipinski definition) is 0. The van der Waals surface area contributed by atoms with Gasteiger partial charge in [0.2, 0.25) is 11.8 Å². The molecule has 21 heavy (non-hydrogen) atoms. The maximum Gasteiger partial charge on any atom is 0.230 e. The monoisotopic (exact) mass is 289 g/mol. The van der Waals surface area contributed by atoms with Gasteiger partial charge in [0, 0.05) is 12.5 Å². The third kappa shape index (κ3) is 3.29. The Balaban J connectivity index is 1.61. The fourth-order valence-electron chi connectivity index (χ4n) is 2.76. The van der Waals surface area contributed by atoms with Gasteiger partial charge in [-0.15, -0.1) is 10.2 Å². The van der Waals surface area contributed by atoms with E-state index >= 15 is 0 Å². The Morgan fingerprint density at radius 1 is 1.38 bits per heavy atom. The van der Waals surface area contributed by atoms with Crippen LogP contribution in [0, 0.1) is 5.82 Å². The van der Waals surface area contributed by atoms with Crippen molar-refractivity contribution in [3.05, 3.63) is 47.4 Å². The molecule has 1 aromatic heterocycles. The molecular weight excluding hydrogens is 269 g/mol. The van der Waals surface area contributed by atoms with Crippen molar-refractivity contribution in [2.75, 3.05) is 13.1 Å². The van der Waals surface area contributed by atoms with Crippen LogP contribution in [0.3, 0.4) is 0 Å². The van der Waals surface area contributed by atoms with Crippen LogP contribution < -0.4 is 0 Å². The molecule has 0 bridgehead atoms. The van der Waals surface area contributed by atoms with Gasteiger partial charge in [0.05, 0.1) is 6.54 Å². The number of nitrogens with zero attached hydrogens (tertiary/aromatic N) is 3. The second kappa shape index (κ2) is 5.93. The van der Waals surface area contributed by atoms with Crippen LogP contribution in [0.4, 0.5) is 4.39 Å². The van der Waals surface area contributed by atoms with Gasteiger partial charge in [0.25, 0.3) is 0 Å². The molecule has 1 aliphatic heterocycles. The molecule has 0 aliphatic carbocycles. The molecule has 3 rings (SSSR count). The average molecular weight is 289 g/mol. The van der Waals surface area contributed by atoms with E-state index in [4.69, 9.17) is 4.42 Å². The van der Waals surface area contributed by atoms with Gasteiger partial charge in [-0.25, -0.2) is 4.39 Å². The molecule has 0 saturated carbocycles. The minimum atomic E-state index is -0.163. The predicted octanol–water partition coefficient (Wildman–Crippen LogP) is 3.32. The topological polar surface area (TPSA) is 42.2 Å². The minimum Gasteiger partial charge on any atom is -0.424 e. The lowest BCUT2D eigenvalue weighted by Gasteiger charge is -2.14. The Morgan fingerprint density at radius 3 is 2.95 bits per heavy atom. The SMILES string of the molecule is CC(C)c1nnc(CN2CC[C@H](c3cccc(F)c3)C2)o1. The molecule has 0 radical (unpaired) electrons. The number of halogens is 1. The highest BCUT2D eigenvalue weighted by molar-refractivity contribution is 5.22. The zero-order valence-electron chi connectivity index (χ0n) is 12.4. The summed E-state index contributed by atoms with van der Waals surface area (Å²) in [5.41, 5.74) is 1.07. The Bertz CT molecular complexity index is 611. The third-order valence-corrected chi connectivity index (χ3v) is 3.93. The average Bonchev–Trinajstić information content (AvgIpc) is 3.08. The van der Waals surface area contributed by atoms with Crippen molar-refractivity contribution in [1.82, 2.24) is 15.1 Å². The molecule has 0 N–H and O–H groups in total. The minimum absolute atomic E-state index is 0.163. The molecule has 1 saturated heterocycles. The fourth-order valence-corrected chi connectivity index (χ4v) is 2.76. The first-order valence-electron chi connectivity index (χ1n) is 7.42. The lowest BCUT2D eigenvalue weighted by molar-refractivity contribution is 0.281. The summed E-state index contributed by atoms with van der Waals surface area (Å²) >= 11 is 0. The van der Waals surface area contributed by atoms with E-state index < -0.39 is 0 Å². The second-order valence-electron chi connectivity index (χ2n) is 5.96.